The molecule has 0 bridgehead atoms. The van der Waals surface area contributed by atoms with Crippen molar-refractivity contribution in [2.24, 2.45) is 0 Å². The summed E-state index contributed by atoms with van der Waals surface area (Å²) in [5.41, 5.74) is 2.30. The molecule has 2 amide bonds. The number of aliphatic carboxylic acids is 1. The molecule has 0 aliphatic carbocycles. The molecule has 1 N–H and O–H groups in total. The Balaban J connectivity index is 0.000000204. The molecular formula is C39H48N2O12. The van der Waals surface area contributed by atoms with Crippen LogP contribution in [0.25, 0.3) is 0 Å². The summed E-state index contributed by atoms with van der Waals surface area (Å²) in [6.07, 6.45) is 6.74. The molecule has 4 aliphatic rings. The van der Waals surface area contributed by atoms with Gasteiger partial charge in [-0.3, -0.25) is 28.8 Å². The van der Waals surface area contributed by atoms with Gasteiger partial charge in [0.05, 0.1) is 46.6 Å². The van der Waals surface area contributed by atoms with Crippen LogP contribution in [-0.4, -0.2) is 110 Å². The monoisotopic (exact) mass is 736 g/mol. The lowest BCUT2D eigenvalue weighted by Gasteiger charge is -2.33. The lowest BCUT2D eigenvalue weighted by molar-refractivity contribution is -0.141. The number of carboxylic acid groups (broad SMARTS) is 1. The highest BCUT2D eigenvalue weighted by Crippen LogP contribution is 2.37. The van der Waals surface area contributed by atoms with Crippen LogP contribution >= 0.6 is 0 Å². The molecular weight excluding hydrogens is 688 g/mol. The summed E-state index contributed by atoms with van der Waals surface area (Å²) in [6.45, 7) is 1.74. The minimum absolute atomic E-state index is 0.0148. The average Bonchev–Trinajstić information content (AvgIpc) is 3.34. The first-order chi connectivity index (χ1) is 25.6. The predicted octanol–water partition coefficient (Wildman–Crippen LogP) is 4.21. The minimum atomic E-state index is -0.879. The van der Waals surface area contributed by atoms with Crippen LogP contribution in [0.2, 0.25) is 0 Å². The number of fused-ring (bicyclic) bond motifs is 4. The molecule has 4 aliphatic heterocycles. The molecule has 14 nitrogen and oxygen atoms in total. The van der Waals surface area contributed by atoms with Gasteiger partial charge in [-0.2, -0.15) is 0 Å². The maximum Gasteiger partial charge on any atom is 0.305 e. The number of benzene rings is 2. The Morgan fingerprint density at radius 2 is 1.11 bits per heavy atom. The topological polar surface area (TPSA) is 175 Å². The molecule has 2 fully saturated rings. The van der Waals surface area contributed by atoms with E-state index in [-0.39, 0.29) is 73.7 Å². The zero-order valence-electron chi connectivity index (χ0n) is 30.6. The van der Waals surface area contributed by atoms with E-state index in [0.29, 0.717) is 84.2 Å². The first-order valence-electron chi connectivity index (χ1n) is 18.2. The number of carboxylic acids is 1. The van der Waals surface area contributed by atoms with Crippen LogP contribution in [-0.2, 0) is 36.8 Å². The fourth-order valence-electron chi connectivity index (χ4n) is 7.28. The molecule has 0 saturated carbocycles. The van der Waals surface area contributed by atoms with Crippen LogP contribution in [0.3, 0.4) is 0 Å². The summed E-state index contributed by atoms with van der Waals surface area (Å²) in [4.78, 5) is 76.4. The summed E-state index contributed by atoms with van der Waals surface area (Å²) in [6, 6.07) is 6.04. The summed E-state index contributed by atoms with van der Waals surface area (Å²) in [5, 5.41) is 8.70. The van der Waals surface area contributed by atoms with Crippen molar-refractivity contribution in [3.63, 3.8) is 0 Å². The Kier molecular flexibility index (Phi) is 13.3. The van der Waals surface area contributed by atoms with Gasteiger partial charge in [0.25, 0.3) is 11.8 Å². The van der Waals surface area contributed by atoms with Crippen molar-refractivity contribution in [3.8, 4) is 23.0 Å². The van der Waals surface area contributed by atoms with Crippen molar-refractivity contribution in [1.29, 1.82) is 0 Å². The maximum atomic E-state index is 13.0. The van der Waals surface area contributed by atoms with Gasteiger partial charge in [0.1, 0.15) is 0 Å². The minimum Gasteiger partial charge on any atom is -0.493 e. The number of hydrogen-bond acceptors (Lipinski definition) is 11. The number of carbonyl (C=O) groups excluding carboxylic acids is 5. The van der Waals surface area contributed by atoms with E-state index in [1.165, 1.54) is 21.3 Å². The zero-order chi connectivity index (χ0) is 38.1. The summed E-state index contributed by atoms with van der Waals surface area (Å²) >= 11 is 0. The molecule has 4 heterocycles. The summed E-state index contributed by atoms with van der Waals surface area (Å²) in [7, 11) is 4.35. The fourth-order valence-corrected chi connectivity index (χ4v) is 7.28. The van der Waals surface area contributed by atoms with Gasteiger partial charge >= 0.3 is 11.9 Å². The molecule has 0 radical (unpaired) electrons. The Morgan fingerprint density at radius 3 is 1.53 bits per heavy atom. The van der Waals surface area contributed by atoms with E-state index in [9.17, 15) is 28.8 Å². The SMILES string of the molecule is COC(=O)CCCOc1cc2c(cc1OC)C(=O)N1CCCC[C@H]1C(=O)C2.COc1cc2c(cc1OCCCC(=O)O)CC(=O)[C@@H]1CCCCN1C2=O. The second-order valence-corrected chi connectivity index (χ2v) is 13.5. The molecule has 0 aromatic heterocycles. The summed E-state index contributed by atoms with van der Waals surface area (Å²) in [5.74, 6) is 0.470. The highest BCUT2D eigenvalue weighted by atomic mass is 16.5. The first kappa shape index (κ1) is 39.1. The smallest absolute Gasteiger partial charge is 0.305 e. The third kappa shape index (κ3) is 9.27. The van der Waals surface area contributed by atoms with E-state index in [4.69, 9.17) is 24.1 Å². The largest absolute Gasteiger partial charge is 0.493 e. The second kappa shape index (κ2) is 18.1. The number of ketones is 2. The molecule has 2 aromatic rings. The summed E-state index contributed by atoms with van der Waals surface area (Å²) < 4.78 is 26.7. The maximum absolute atomic E-state index is 13.0. The van der Waals surface area contributed by atoms with Gasteiger partial charge in [0.2, 0.25) is 0 Å². The quantitative estimate of drug-likeness (QED) is 0.243. The van der Waals surface area contributed by atoms with E-state index in [1.807, 2.05) is 0 Å². The second-order valence-electron chi connectivity index (χ2n) is 13.5. The van der Waals surface area contributed by atoms with Crippen molar-refractivity contribution in [2.75, 3.05) is 47.6 Å². The Hall–Kier alpha value is -5.14. The number of rotatable bonds is 12. The third-order valence-corrected chi connectivity index (χ3v) is 10.0. The van der Waals surface area contributed by atoms with Gasteiger partial charge in [-0.1, -0.05) is 0 Å². The number of Topliss-reactive ketones (excluding diaryl/α,β-unsaturated/α-hetero) is 2. The number of ether oxygens (including phenoxy) is 5. The van der Waals surface area contributed by atoms with Gasteiger partial charge in [-0.05, 0) is 86.8 Å². The van der Waals surface area contributed by atoms with Crippen LogP contribution in [0.1, 0.15) is 96.1 Å². The predicted molar refractivity (Wildman–Crippen MR) is 190 cm³/mol. The molecule has 14 heteroatoms. The van der Waals surface area contributed by atoms with Crippen LogP contribution in [0.4, 0.5) is 0 Å². The molecule has 0 unspecified atom stereocenters. The number of esters is 1. The lowest BCUT2D eigenvalue weighted by atomic mass is 9.96. The number of piperidine rings is 2. The van der Waals surface area contributed by atoms with E-state index in [0.717, 1.165) is 32.1 Å². The van der Waals surface area contributed by atoms with Crippen molar-refractivity contribution >= 4 is 35.3 Å². The number of amides is 2. The number of hydrogen-bond donors (Lipinski definition) is 1. The molecule has 286 valence electrons. The van der Waals surface area contributed by atoms with Gasteiger partial charge in [0, 0.05) is 49.9 Å². The van der Waals surface area contributed by atoms with Gasteiger partial charge in [-0.15, -0.1) is 0 Å². The standard InChI is InChI=1S/C20H25NO6.C19H23NO6/c1-25-17-12-14-13(11-18(17)27-9-5-7-19(23)26-2)10-16(22)15-6-3-4-8-21(15)20(14)24;1-25-16-11-13-12(10-17(16)26-8-4-6-18(22)23)9-15(21)14-5-2-3-7-20(14)19(13)24/h11-12,15H,3-10H2,1-2H3;10-11,14H,2-9H2,1H3,(H,22,23)/t15-;14-/m00/s1. The molecule has 0 spiro atoms. The zero-order valence-corrected chi connectivity index (χ0v) is 30.6. The van der Waals surface area contributed by atoms with E-state index < -0.39 is 5.97 Å². The van der Waals surface area contributed by atoms with Crippen LogP contribution in [0.5, 0.6) is 23.0 Å². The van der Waals surface area contributed by atoms with E-state index in [1.54, 1.807) is 34.1 Å². The number of methoxy groups -OCH3 is 3. The van der Waals surface area contributed by atoms with Crippen LogP contribution < -0.4 is 18.9 Å². The average molecular weight is 737 g/mol. The van der Waals surface area contributed by atoms with Crippen LogP contribution in [0.15, 0.2) is 24.3 Å². The normalized spacial score (nSPS) is 19.2. The van der Waals surface area contributed by atoms with Crippen molar-refractivity contribution < 1.29 is 57.6 Å². The van der Waals surface area contributed by atoms with Crippen molar-refractivity contribution in [3.05, 3.63) is 46.5 Å². The Morgan fingerprint density at radius 1 is 0.660 bits per heavy atom. The lowest BCUT2D eigenvalue weighted by Crippen LogP contribution is -2.46. The molecule has 2 saturated heterocycles. The molecule has 53 heavy (non-hydrogen) atoms. The Labute approximate surface area is 308 Å². The first-order valence-corrected chi connectivity index (χ1v) is 18.2. The highest BCUT2D eigenvalue weighted by molar-refractivity contribution is 6.04. The Bertz CT molecular complexity index is 1720. The number of nitrogens with zero attached hydrogens (tertiary/aromatic N) is 2. The van der Waals surface area contributed by atoms with Gasteiger partial charge < -0.3 is 38.6 Å². The molecule has 6 rings (SSSR count). The highest BCUT2D eigenvalue weighted by Gasteiger charge is 2.38. The fraction of sp³-hybridized carbons (Fsp3) is 0.538. The number of carbonyl (C=O) groups is 6. The van der Waals surface area contributed by atoms with Crippen LogP contribution in [0, 0.1) is 0 Å². The van der Waals surface area contributed by atoms with E-state index >= 15 is 0 Å². The molecule has 2 atom stereocenters. The third-order valence-electron chi connectivity index (χ3n) is 10.0. The molecule has 2 aromatic carbocycles. The van der Waals surface area contributed by atoms with Gasteiger partial charge in [0.15, 0.2) is 34.6 Å². The van der Waals surface area contributed by atoms with Gasteiger partial charge in [-0.25, -0.2) is 0 Å². The van der Waals surface area contributed by atoms with E-state index in [2.05, 4.69) is 4.74 Å². The van der Waals surface area contributed by atoms with Crippen molar-refractivity contribution in [2.45, 2.75) is 89.1 Å². The van der Waals surface area contributed by atoms with Crippen molar-refractivity contribution in [1.82, 2.24) is 9.80 Å².